The van der Waals surface area contributed by atoms with Crippen molar-refractivity contribution in [2.75, 3.05) is 13.2 Å². The average molecular weight is 307 g/mol. The number of carboxylic acid groups (broad SMARTS) is 1. The van der Waals surface area contributed by atoms with Gasteiger partial charge in [-0.2, -0.15) is 0 Å². The molecule has 0 atom stereocenters. The van der Waals surface area contributed by atoms with Crippen molar-refractivity contribution in [3.05, 3.63) is 29.8 Å². The molecule has 1 amide bonds. The van der Waals surface area contributed by atoms with Crippen LogP contribution in [-0.4, -0.2) is 30.1 Å². The summed E-state index contributed by atoms with van der Waals surface area (Å²) in [6.07, 6.45) is 0.379. The lowest BCUT2D eigenvalue weighted by Crippen LogP contribution is -2.31. The van der Waals surface area contributed by atoms with Gasteiger partial charge in [-0.15, -0.1) is 0 Å². The third kappa shape index (κ3) is 5.76. The zero-order valence-corrected chi connectivity index (χ0v) is 13.7. The zero-order valence-electron chi connectivity index (χ0n) is 13.7. The van der Waals surface area contributed by atoms with Gasteiger partial charge in [-0.05, 0) is 50.5 Å². The summed E-state index contributed by atoms with van der Waals surface area (Å²) in [5.74, 6) is 0.0998. The summed E-state index contributed by atoms with van der Waals surface area (Å²) >= 11 is 0. The van der Waals surface area contributed by atoms with E-state index in [9.17, 15) is 9.59 Å². The van der Waals surface area contributed by atoms with Crippen molar-refractivity contribution >= 4 is 11.9 Å². The first-order chi connectivity index (χ1) is 10.2. The number of carbonyl (C=O) groups excluding carboxylic acids is 1. The van der Waals surface area contributed by atoms with Gasteiger partial charge in [0.05, 0.1) is 12.0 Å². The molecule has 0 radical (unpaired) electrons. The fourth-order valence-corrected chi connectivity index (χ4v) is 1.66. The molecular formula is C17H25NO4. The number of benzene rings is 1. The Kier molecular flexibility index (Phi) is 6.40. The van der Waals surface area contributed by atoms with E-state index in [-0.39, 0.29) is 5.91 Å². The minimum atomic E-state index is -0.867. The molecule has 0 saturated carbocycles. The summed E-state index contributed by atoms with van der Waals surface area (Å²) in [6, 6.07) is 6.93. The predicted molar refractivity (Wildman–Crippen MR) is 85.1 cm³/mol. The van der Waals surface area contributed by atoms with E-state index in [0.717, 1.165) is 5.75 Å². The monoisotopic (exact) mass is 307 g/mol. The topological polar surface area (TPSA) is 75.6 Å². The third-order valence-corrected chi connectivity index (χ3v) is 3.31. The number of nitrogens with one attached hydrogen (secondary N) is 1. The fourth-order valence-electron chi connectivity index (χ4n) is 1.66. The van der Waals surface area contributed by atoms with Crippen molar-refractivity contribution < 1.29 is 19.4 Å². The first-order valence-corrected chi connectivity index (χ1v) is 7.47. The van der Waals surface area contributed by atoms with Crippen LogP contribution in [0.25, 0.3) is 0 Å². The minimum Gasteiger partial charge on any atom is -0.493 e. The standard InChI is InChI=1S/C17H25NO4/c1-12(2)11-22-14-7-5-13(6-8-14)15(19)18-10-9-17(3,4)16(20)21/h5-8,12H,9-11H2,1-4H3,(H,18,19)(H,20,21). The maximum absolute atomic E-state index is 12.0. The lowest BCUT2D eigenvalue weighted by molar-refractivity contribution is -0.147. The van der Waals surface area contributed by atoms with Gasteiger partial charge in [-0.3, -0.25) is 9.59 Å². The van der Waals surface area contributed by atoms with Crippen molar-refractivity contribution in [2.45, 2.75) is 34.1 Å². The zero-order chi connectivity index (χ0) is 16.8. The minimum absolute atomic E-state index is 0.211. The SMILES string of the molecule is CC(C)COc1ccc(C(=O)NCCC(C)(C)C(=O)O)cc1. The van der Waals surface area contributed by atoms with Crippen LogP contribution in [0.1, 0.15) is 44.5 Å². The number of amides is 1. The van der Waals surface area contributed by atoms with Crippen molar-refractivity contribution in [3.63, 3.8) is 0 Å². The van der Waals surface area contributed by atoms with Gasteiger partial charge in [0, 0.05) is 12.1 Å². The van der Waals surface area contributed by atoms with Crippen molar-refractivity contribution in [2.24, 2.45) is 11.3 Å². The predicted octanol–water partition coefficient (Wildman–Crippen LogP) is 2.95. The molecule has 1 aromatic carbocycles. The smallest absolute Gasteiger partial charge is 0.309 e. The molecule has 1 aromatic rings. The number of ether oxygens (including phenoxy) is 1. The first-order valence-electron chi connectivity index (χ1n) is 7.47. The number of aliphatic carboxylic acids is 1. The van der Waals surface area contributed by atoms with Gasteiger partial charge in [0.15, 0.2) is 0 Å². The molecule has 0 bridgehead atoms. The summed E-state index contributed by atoms with van der Waals surface area (Å²) in [6.45, 7) is 8.38. The second-order valence-corrected chi connectivity index (χ2v) is 6.42. The van der Waals surface area contributed by atoms with E-state index < -0.39 is 11.4 Å². The Balaban J connectivity index is 2.47. The van der Waals surface area contributed by atoms with Crippen LogP contribution >= 0.6 is 0 Å². The Hall–Kier alpha value is -2.04. The molecule has 122 valence electrons. The second kappa shape index (κ2) is 7.82. The quantitative estimate of drug-likeness (QED) is 0.774. The molecule has 0 aliphatic heterocycles. The average Bonchev–Trinajstić information content (AvgIpc) is 2.45. The molecule has 0 fully saturated rings. The van der Waals surface area contributed by atoms with Crippen molar-refractivity contribution in [1.82, 2.24) is 5.32 Å². The van der Waals surface area contributed by atoms with Crippen LogP contribution in [0.15, 0.2) is 24.3 Å². The lowest BCUT2D eigenvalue weighted by atomic mass is 9.90. The molecule has 1 rings (SSSR count). The third-order valence-electron chi connectivity index (χ3n) is 3.31. The molecule has 0 spiro atoms. The van der Waals surface area contributed by atoms with Gasteiger partial charge >= 0.3 is 5.97 Å². The van der Waals surface area contributed by atoms with Gasteiger partial charge in [-0.25, -0.2) is 0 Å². The molecular weight excluding hydrogens is 282 g/mol. The normalized spacial score (nSPS) is 11.3. The van der Waals surface area contributed by atoms with E-state index in [1.807, 2.05) is 0 Å². The fraction of sp³-hybridized carbons (Fsp3) is 0.529. The van der Waals surface area contributed by atoms with Crippen LogP contribution in [0, 0.1) is 11.3 Å². The Morgan fingerprint density at radius 2 is 1.82 bits per heavy atom. The van der Waals surface area contributed by atoms with Crippen LogP contribution in [0.2, 0.25) is 0 Å². The summed E-state index contributed by atoms with van der Waals surface area (Å²) in [7, 11) is 0. The van der Waals surface area contributed by atoms with E-state index in [4.69, 9.17) is 9.84 Å². The lowest BCUT2D eigenvalue weighted by Gasteiger charge is -2.18. The summed E-state index contributed by atoms with van der Waals surface area (Å²) in [5, 5.41) is 11.8. The molecule has 0 unspecified atom stereocenters. The summed E-state index contributed by atoms with van der Waals surface area (Å²) < 4.78 is 5.56. The van der Waals surface area contributed by atoms with Crippen molar-refractivity contribution in [1.29, 1.82) is 0 Å². The van der Waals surface area contributed by atoms with Crippen LogP contribution in [-0.2, 0) is 4.79 Å². The van der Waals surface area contributed by atoms with Crippen LogP contribution in [0.5, 0.6) is 5.75 Å². The van der Waals surface area contributed by atoms with Crippen LogP contribution in [0.4, 0.5) is 0 Å². The second-order valence-electron chi connectivity index (χ2n) is 6.42. The number of hydrogen-bond acceptors (Lipinski definition) is 3. The van der Waals surface area contributed by atoms with Crippen molar-refractivity contribution in [3.8, 4) is 5.75 Å². The molecule has 0 heterocycles. The highest BCUT2D eigenvalue weighted by atomic mass is 16.5. The summed E-state index contributed by atoms with van der Waals surface area (Å²) in [4.78, 5) is 23.0. The van der Waals surface area contributed by atoms with Gasteiger partial charge < -0.3 is 15.2 Å². The molecule has 22 heavy (non-hydrogen) atoms. The Labute approximate surface area is 131 Å². The largest absolute Gasteiger partial charge is 0.493 e. The molecule has 0 aromatic heterocycles. The van der Waals surface area contributed by atoms with E-state index in [2.05, 4.69) is 19.2 Å². The molecule has 5 nitrogen and oxygen atoms in total. The van der Waals surface area contributed by atoms with E-state index >= 15 is 0 Å². The number of carboxylic acids is 1. The van der Waals surface area contributed by atoms with Gasteiger partial charge in [0.25, 0.3) is 5.91 Å². The Bertz CT molecular complexity index is 506. The number of carbonyl (C=O) groups is 2. The molecule has 0 aliphatic rings. The number of hydrogen-bond donors (Lipinski definition) is 2. The Morgan fingerprint density at radius 3 is 2.32 bits per heavy atom. The Morgan fingerprint density at radius 1 is 1.23 bits per heavy atom. The van der Waals surface area contributed by atoms with E-state index in [1.54, 1.807) is 38.1 Å². The van der Waals surface area contributed by atoms with E-state index in [0.29, 0.717) is 31.1 Å². The van der Waals surface area contributed by atoms with Crippen LogP contribution in [0.3, 0.4) is 0 Å². The van der Waals surface area contributed by atoms with Gasteiger partial charge in [0.2, 0.25) is 0 Å². The highest BCUT2D eigenvalue weighted by Gasteiger charge is 2.26. The maximum atomic E-state index is 12.0. The molecule has 0 aliphatic carbocycles. The molecule has 2 N–H and O–H groups in total. The number of rotatable bonds is 8. The van der Waals surface area contributed by atoms with Crippen LogP contribution < -0.4 is 10.1 Å². The van der Waals surface area contributed by atoms with E-state index in [1.165, 1.54) is 0 Å². The molecule has 0 saturated heterocycles. The van der Waals surface area contributed by atoms with Gasteiger partial charge in [-0.1, -0.05) is 13.8 Å². The maximum Gasteiger partial charge on any atom is 0.309 e. The first kappa shape index (κ1) is 18.0. The molecule has 5 heteroatoms. The highest BCUT2D eigenvalue weighted by Crippen LogP contribution is 2.19. The van der Waals surface area contributed by atoms with Gasteiger partial charge in [0.1, 0.15) is 5.75 Å². The summed E-state index contributed by atoms with van der Waals surface area (Å²) in [5.41, 5.74) is -0.313. The highest BCUT2D eigenvalue weighted by molar-refractivity contribution is 5.94.